The molecule has 45 heavy (non-hydrogen) atoms. The molecule has 0 aliphatic carbocycles. The first kappa shape index (κ1) is 29.5. The summed E-state index contributed by atoms with van der Waals surface area (Å²) in [7, 11) is 1.50. The molecule has 0 aliphatic heterocycles. The number of rotatable bonds is 8. The largest absolute Gasteiger partial charge is 0.105 e. The predicted octanol–water partition coefficient (Wildman–Crippen LogP) is 8.04. The Bertz CT molecular complexity index is 1930. The average Bonchev–Trinajstić information content (AvgIpc) is 3.11. The zero-order chi connectivity index (χ0) is 30.4. The lowest BCUT2D eigenvalue weighted by Gasteiger charge is -2.26. The molecule has 0 amide bonds. The summed E-state index contributed by atoms with van der Waals surface area (Å²) in [6.45, 7) is 0. The van der Waals surface area contributed by atoms with E-state index in [9.17, 15) is 0 Å². The van der Waals surface area contributed by atoms with E-state index in [1.54, 1.807) is 0 Å². The van der Waals surface area contributed by atoms with Crippen molar-refractivity contribution in [3.8, 4) is 22.3 Å². The summed E-state index contributed by atoms with van der Waals surface area (Å²) in [5.41, 5.74) is 5.12. The van der Waals surface area contributed by atoms with Gasteiger partial charge < -0.3 is 0 Å². The highest BCUT2D eigenvalue weighted by Gasteiger charge is 2.25. The zero-order valence-corrected chi connectivity index (χ0v) is 27.8. The third-order valence-electron chi connectivity index (χ3n) is 8.00. The topological polar surface area (TPSA) is 0 Å². The van der Waals surface area contributed by atoms with Crippen molar-refractivity contribution in [1.29, 1.82) is 0 Å². The molecule has 216 valence electrons. The predicted molar refractivity (Wildman–Crippen MR) is 204 cm³/mol. The minimum atomic E-state index is -0.782. The fourth-order valence-corrected chi connectivity index (χ4v) is 11.4. The molecule has 0 heterocycles. The van der Waals surface area contributed by atoms with Gasteiger partial charge in [0.15, 0.2) is 0 Å². The van der Waals surface area contributed by atoms with Gasteiger partial charge in [-0.05, 0) is 75.2 Å². The van der Waals surface area contributed by atoms with Crippen molar-refractivity contribution in [3.63, 3.8) is 0 Å². The second kappa shape index (κ2) is 13.9. The number of hydrogen-bond acceptors (Lipinski definition) is 0. The van der Waals surface area contributed by atoms with Crippen molar-refractivity contribution in [2.24, 2.45) is 0 Å². The third-order valence-corrected chi connectivity index (χ3v) is 13.5. The van der Waals surface area contributed by atoms with Crippen LogP contribution in [-0.2, 0) is 0 Å². The van der Waals surface area contributed by atoms with E-state index < -0.39 is 15.8 Å². The van der Waals surface area contributed by atoms with Crippen molar-refractivity contribution < 1.29 is 0 Å². The summed E-state index contributed by atoms with van der Waals surface area (Å²) in [5, 5.41) is 9.35. The normalized spacial score (nSPS) is 11.2. The first-order valence-electron chi connectivity index (χ1n) is 15.2. The smallest absolute Gasteiger partial charge is 0.00268 e. The van der Waals surface area contributed by atoms with Crippen LogP contribution in [-0.4, -0.2) is 0 Å². The van der Waals surface area contributed by atoms with Gasteiger partial charge in [0, 0.05) is 0 Å². The first-order valence-corrected chi connectivity index (χ1v) is 18.4. The van der Waals surface area contributed by atoms with Crippen molar-refractivity contribution in [1.82, 2.24) is 0 Å². The molecule has 0 spiro atoms. The van der Waals surface area contributed by atoms with Crippen LogP contribution < -0.4 is 37.1 Å². The van der Waals surface area contributed by atoms with Crippen LogP contribution in [0, 0.1) is 0 Å². The molecule has 0 N–H and O–H groups in total. The molecule has 1 unspecified atom stereocenters. The monoisotopic (exact) mass is 630 g/mol. The van der Waals surface area contributed by atoms with Gasteiger partial charge in [0.2, 0.25) is 0 Å². The third kappa shape index (κ3) is 6.21. The Hall–Kier alpha value is -4.17. The fourth-order valence-electron chi connectivity index (χ4n) is 6.03. The van der Waals surface area contributed by atoms with Crippen molar-refractivity contribution in [2.75, 3.05) is 0 Å². The zero-order valence-electron chi connectivity index (χ0n) is 24.9. The van der Waals surface area contributed by atoms with Gasteiger partial charge in [0.05, 0.1) is 0 Å². The minimum absolute atomic E-state index is 0.776. The van der Waals surface area contributed by atoms with Crippen LogP contribution in [0.1, 0.15) is 0 Å². The van der Waals surface area contributed by atoms with E-state index in [1.807, 2.05) is 0 Å². The van der Waals surface area contributed by atoms with Crippen molar-refractivity contribution >= 4 is 62.2 Å². The highest BCUT2D eigenvalue weighted by Crippen LogP contribution is 2.42. The second-order valence-electron chi connectivity index (χ2n) is 10.8. The van der Waals surface area contributed by atoms with Crippen LogP contribution in [0.3, 0.4) is 0 Å². The lowest BCUT2D eigenvalue weighted by molar-refractivity contribution is 1.64. The molecule has 0 nitrogen and oxygen atoms in total. The molecule has 0 radical (unpaired) electrons. The molecule has 7 aromatic rings. The second-order valence-corrected chi connectivity index (χ2v) is 15.8. The molecule has 0 aromatic heterocycles. The first-order chi connectivity index (χ1) is 22.3. The summed E-state index contributed by atoms with van der Waals surface area (Å²) < 4.78 is 0. The molecule has 0 fully saturated rings. The van der Waals surface area contributed by atoms with E-state index in [-0.39, 0.29) is 0 Å². The fraction of sp³-hybridized carbons (Fsp3) is 0. The average molecular weight is 631 g/mol. The summed E-state index contributed by atoms with van der Waals surface area (Å²) in [6.07, 6.45) is 0. The van der Waals surface area contributed by atoms with Gasteiger partial charge in [-0.15, -0.1) is 9.24 Å². The van der Waals surface area contributed by atoms with Gasteiger partial charge in [0.25, 0.3) is 0 Å². The van der Waals surface area contributed by atoms with Crippen molar-refractivity contribution in [2.45, 2.75) is 0 Å². The standard InChI is InChI=1S/C42H33P3/c43-39-29-17-28-37(36-26-13-15-30-40(36)44(32-18-5-1-6-19-32)33-20-7-2-8-21-33)42(39)38-27-14-16-31-41(38)45(34-22-9-3-10-23-34)35-24-11-4-12-25-35/h1-31H,43H2. The Morgan fingerprint density at radius 1 is 0.289 bits per heavy atom. The minimum Gasteiger partial charge on any atom is -0.105 e. The van der Waals surface area contributed by atoms with E-state index in [2.05, 4.69) is 197 Å². The maximum absolute atomic E-state index is 3.06. The van der Waals surface area contributed by atoms with Gasteiger partial charge in [0.1, 0.15) is 0 Å². The van der Waals surface area contributed by atoms with E-state index in [4.69, 9.17) is 0 Å². The SMILES string of the molecule is Pc1cccc(-c2ccccc2P(c2ccccc2)c2ccccc2)c1-c1ccccc1P(c1ccccc1)c1ccccc1. The molecule has 0 aliphatic rings. The summed E-state index contributed by atoms with van der Waals surface area (Å²) in [5.74, 6) is 0. The molecular formula is C42H33P3. The molecule has 0 saturated carbocycles. The van der Waals surface area contributed by atoms with Gasteiger partial charge in [-0.3, -0.25) is 0 Å². The summed E-state index contributed by atoms with van der Waals surface area (Å²) >= 11 is 0. The van der Waals surface area contributed by atoms with Crippen LogP contribution in [0.25, 0.3) is 22.3 Å². The molecular weight excluding hydrogens is 597 g/mol. The van der Waals surface area contributed by atoms with Gasteiger partial charge in [-0.25, -0.2) is 0 Å². The van der Waals surface area contributed by atoms with E-state index in [1.165, 1.54) is 59.4 Å². The van der Waals surface area contributed by atoms with E-state index in [0.29, 0.717) is 0 Å². The van der Waals surface area contributed by atoms with Crippen LogP contribution in [0.2, 0.25) is 0 Å². The van der Waals surface area contributed by atoms with E-state index in [0.717, 1.165) is 0 Å². The van der Waals surface area contributed by atoms with Crippen LogP contribution in [0.5, 0.6) is 0 Å². The van der Waals surface area contributed by atoms with Gasteiger partial charge >= 0.3 is 0 Å². The van der Waals surface area contributed by atoms with Crippen molar-refractivity contribution in [3.05, 3.63) is 188 Å². The van der Waals surface area contributed by atoms with Crippen LogP contribution in [0.15, 0.2) is 188 Å². The number of hydrogen-bond donors (Lipinski definition) is 0. The maximum Gasteiger partial charge on any atom is -0.00268 e. The quantitative estimate of drug-likeness (QED) is 0.149. The van der Waals surface area contributed by atoms with Crippen LogP contribution in [0.4, 0.5) is 0 Å². The Labute approximate surface area is 271 Å². The highest BCUT2D eigenvalue weighted by molar-refractivity contribution is 7.80. The molecule has 7 aromatic carbocycles. The Balaban J connectivity index is 1.46. The highest BCUT2D eigenvalue weighted by atomic mass is 31.1. The Morgan fingerprint density at radius 2 is 0.622 bits per heavy atom. The Kier molecular flexibility index (Phi) is 9.10. The molecule has 1 atom stereocenters. The lowest BCUT2D eigenvalue weighted by atomic mass is 9.94. The van der Waals surface area contributed by atoms with E-state index >= 15 is 0 Å². The molecule has 3 heteroatoms. The van der Waals surface area contributed by atoms with Gasteiger partial charge in [-0.1, -0.05) is 188 Å². The summed E-state index contributed by atoms with van der Waals surface area (Å²) in [4.78, 5) is 0. The summed E-state index contributed by atoms with van der Waals surface area (Å²) in [6, 6.07) is 68.8. The molecule has 7 rings (SSSR count). The Morgan fingerprint density at radius 3 is 1.07 bits per heavy atom. The van der Waals surface area contributed by atoms with Crippen LogP contribution >= 0.6 is 25.1 Å². The van der Waals surface area contributed by atoms with Gasteiger partial charge in [-0.2, -0.15) is 0 Å². The molecule has 0 saturated heterocycles. The number of benzene rings is 7. The maximum atomic E-state index is 3.06. The lowest BCUT2D eigenvalue weighted by Crippen LogP contribution is -2.24. The molecule has 0 bridgehead atoms.